The Balaban J connectivity index is 0.000000817. The summed E-state index contributed by atoms with van der Waals surface area (Å²) >= 11 is 1.25. The van der Waals surface area contributed by atoms with Crippen molar-refractivity contribution in [3.63, 3.8) is 0 Å². The summed E-state index contributed by atoms with van der Waals surface area (Å²) in [6, 6.07) is 8.33. The third kappa shape index (κ3) is 4.27. The van der Waals surface area contributed by atoms with Gasteiger partial charge in [0.15, 0.2) is 6.19 Å². The van der Waals surface area contributed by atoms with E-state index in [4.69, 9.17) is 15.3 Å². The Morgan fingerprint density at radius 1 is 1.30 bits per heavy atom. The second kappa shape index (κ2) is 8.21. The van der Waals surface area contributed by atoms with Crippen molar-refractivity contribution in [3.8, 4) is 23.8 Å². The molecule has 0 saturated carbocycles. The number of halogens is 3. The van der Waals surface area contributed by atoms with Gasteiger partial charge in [0.2, 0.25) is 0 Å². The Morgan fingerprint density at radius 2 is 1.96 bits per heavy atom. The number of aliphatic hydroxyl groups is 1. The van der Waals surface area contributed by atoms with Crippen molar-refractivity contribution in [1.82, 2.24) is 0 Å². The molecule has 0 bridgehead atoms. The number of nitriles is 2. The van der Waals surface area contributed by atoms with Crippen molar-refractivity contribution in [1.29, 1.82) is 10.5 Å². The summed E-state index contributed by atoms with van der Waals surface area (Å²) in [6.07, 6.45) is 0.416. The maximum absolute atomic E-state index is 13.9. The Labute approximate surface area is 157 Å². The zero-order valence-corrected chi connectivity index (χ0v) is 14.9. The van der Waals surface area contributed by atoms with Gasteiger partial charge < -0.3 is 15.6 Å². The number of rotatable bonds is 3. The molecule has 0 amide bonds. The molecule has 9 heteroatoms. The minimum absolute atomic E-state index is 0.0374. The van der Waals surface area contributed by atoms with Gasteiger partial charge in [-0.25, -0.2) is 13.2 Å². The van der Waals surface area contributed by atoms with Gasteiger partial charge in [-0.05, 0) is 30.5 Å². The summed E-state index contributed by atoms with van der Waals surface area (Å²) < 4.78 is 46.9. The van der Waals surface area contributed by atoms with Crippen LogP contribution in [0.1, 0.15) is 22.8 Å². The van der Waals surface area contributed by atoms with Crippen molar-refractivity contribution in [2.24, 2.45) is 5.73 Å². The van der Waals surface area contributed by atoms with Crippen molar-refractivity contribution >= 4 is 11.8 Å². The van der Waals surface area contributed by atoms with Crippen LogP contribution in [0.15, 0.2) is 35.2 Å². The molecule has 0 spiro atoms. The molecule has 3 N–H and O–H groups in total. The molecule has 140 valence electrons. The maximum Gasteiger partial charge on any atom is 0.281 e. The molecule has 3 rings (SSSR count). The molecular formula is C18H14F3N3O2S. The lowest BCUT2D eigenvalue weighted by atomic mass is 10.1. The van der Waals surface area contributed by atoms with E-state index in [9.17, 15) is 18.3 Å². The number of aliphatic hydroxyl groups excluding tert-OH is 1. The van der Waals surface area contributed by atoms with Gasteiger partial charge in [-0.15, -0.1) is 11.8 Å². The molecule has 0 aromatic heterocycles. The summed E-state index contributed by atoms with van der Waals surface area (Å²) in [5.74, 6) is -3.79. The van der Waals surface area contributed by atoms with E-state index >= 15 is 0 Å². The number of thioether (sulfide) groups is 1. The Hall–Kier alpha value is -2.88. The summed E-state index contributed by atoms with van der Waals surface area (Å²) in [4.78, 5) is 0.541. The summed E-state index contributed by atoms with van der Waals surface area (Å²) in [5, 5.41) is 25.9. The average molecular weight is 393 g/mol. The fraction of sp³-hybridized carbons (Fsp3) is 0.222. The first-order valence-corrected chi connectivity index (χ1v) is 8.73. The quantitative estimate of drug-likeness (QED) is 0.466. The normalized spacial score (nSPS) is 16.3. The van der Waals surface area contributed by atoms with E-state index in [1.54, 1.807) is 18.4 Å². The Bertz CT molecular complexity index is 939. The average Bonchev–Trinajstić information content (AvgIpc) is 2.86. The van der Waals surface area contributed by atoms with Crippen LogP contribution in [-0.4, -0.2) is 17.3 Å². The number of fused-ring (bicyclic) bond motifs is 1. The summed E-state index contributed by atoms with van der Waals surface area (Å²) in [7, 11) is 0. The summed E-state index contributed by atoms with van der Waals surface area (Å²) in [6.45, 7) is 0. The van der Waals surface area contributed by atoms with Gasteiger partial charge in [0.25, 0.3) is 5.92 Å². The van der Waals surface area contributed by atoms with Gasteiger partial charge in [-0.2, -0.15) is 10.5 Å². The number of ether oxygens (including phenoxy) is 1. The van der Waals surface area contributed by atoms with Crippen LogP contribution in [0, 0.1) is 28.6 Å². The molecule has 0 heterocycles. The predicted octanol–water partition coefficient (Wildman–Crippen LogP) is 3.86. The van der Waals surface area contributed by atoms with Gasteiger partial charge in [-0.1, -0.05) is 0 Å². The molecule has 0 saturated heterocycles. The molecule has 5 nitrogen and oxygen atoms in total. The molecule has 27 heavy (non-hydrogen) atoms. The number of hydrogen-bond acceptors (Lipinski definition) is 6. The van der Waals surface area contributed by atoms with Crippen LogP contribution in [0.25, 0.3) is 0 Å². The van der Waals surface area contributed by atoms with Gasteiger partial charge in [0.1, 0.15) is 23.4 Å². The lowest BCUT2D eigenvalue weighted by Gasteiger charge is -2.15. The van der Waals surface area contributed by atoms with E-state index in [2.05, 4.69) is 5.73 Å². The zero-order valence-electron chi connectivity index (χ0n) is 14.0. The van der Waals surface area contributed by atoms with Gasteiger partial charge in [0.05, 0.1) is 11.6 Å². The maximum atomic E-state index is 13.9. The Kier molecular flexibility index (Phi) is 6.21. The molecule has 0 radical (unpaired) electrons. The van der Waals surface area contributed by atoms with Crippen LogP contribution in [0.4, 0.5) is 13.2 Å². The summed E-state index contributed by atoms with van der Waals surface area (Å²) in [5.41, 5.74) is 4.55. The van der Waals surface area contributed by atoms with Crippen LogP contribution in [0.5, 0.6) is 11.5 Å². The first kappa shape index (κ1) is 20.4. The highest BCUT2D eigenvalue weighted by Gasteiger charge is 2.49. The standard InChI is InChI=1S/C17H12F3NO2S.CH2N2/c1-24-14-3-2-13(12-7-17(19,20)16(22)15(12)14)23-11-5-9(8-21)4-10(18)6-11;2-1-3/h2-6,16,22H,7H2,1H3;2H2. The van der Waals surface area contributed by atoms with E-state index in [1.807, 2.05) is 0 Å². The molecule has 2 aromatic carbocycles. The van der Waals surface area contributed by atoms with Crippen molar-refractivity contribution in [3.05, 3.63) is 52.8 Å². The number of hydrogen-bond donors (Lipinski definition) is 2. The first-order chi connectivity index (χ1) is 12.8. The minimum Gasteiger partial charge on any atom is -0.457 e. The lowest BCUT2D eigenvalue weighted by Crippen LogP contribution is -2.21. The predicted molar refractivity (Wildman–Crippen MR) is 92.8 cm³/mol. The largest absolute Gasteiger partial charge is 0.457 e. The molecule has 1 atom stereocenters. The smallest absolute Gasteiger partial charge is 0.281 e. The van der Waals surface area contributed by atoms with Crippen molar-refractivity contribution in [2.75, 3.05) is 6.26 Å². The van der Waals surface area contributed by atoms with E-state index in [-0.39, 0.29) is 28.2 Å². The third-order valence-corrected chi connectivity index (χ3v) is 4.60. The van der Waals surface area contributed by atoms with Crippen LogP contribution in [0.3, 0.4) is 0 Å². The van der Waals surface area contributed by atoms with E-state index in [1.165, 1.54) is 30.1 Å². The van der Waals surface area contributed by atoms with Gasteiger partial charge in [-0.3, -0.25) is 0 Å². The molecular weight excluding hydrogens is 379 g/mol. The van der Waals surface area contributed by atoms with Crippen LogP contribution < -0.4 is 10.5 Å². The van der Waals surface area contributed by atoms with E-state index in [0.717, 1.165) is 12.1 Å². The van der Waals surface area contributed by atoms with E-state index in [0.29, 0.717) is 4.90 Å². The fourth-order valence-electron chi connectivity index (χ4n) is 2.74. The topological polar surface area (TPSA) is 103 Å². The monoisotopic (exact) mass is 393 g/mol. The highest BCUT2D eigenvalue weighted by Crippen LogP contribution is 2.50. The highest BCUT2D eigenvalue weighted by molar-refractivity contribution is 7.98. The molecule has 1 unspecified atom stereocenters. The van der Waals surface area contributed by atoms with Crippen LogP contribution >= 0.6 is 11.8 Å². The SMILES string of the molecule is CSc1ccc(Oc2cc(F)cc(C#N)c2)c2c1C(O)C(F)(F)C2.N#CN. The zero-order chi connectivity index (χ0) is 20.2. The number of benzene rings is 2. The molecule has 1 aliphatic carbocycles. The third-order valence-electron chi connectivity index (χ3n) is 3.81. The molecule has 2 aromatic rings. The minimum atomic E-state index is -3.29. The van der Waals surface area contributed by atoms with Crippen LogP contribution in [0.2, 0.25) is 0 Å². The number of nitrogens with zero attached hydrogens (tertiary/aromatic N) is 2. The second-order valence-electron chi connectivity index (χ2n) is 5.52. The molecule has 0 aliphatic heterocycles. The lowest BCUT2D eigenvalue weighted by molar-refractivity contribution is -0.0976. The van der Waals surface area contributed by atoms with Crippen molar-refractivity contribution < 1.29 is 23.0 Å². The molecule has 1 aliphatic rings. The van der Waals surface area contributed by atoms with Gasteiger partial charge in [0, 0.05) is 28.5 Å². The van der Waals surface area contributed by atoms with Gasteiger partial charge >= 0.3 is 0 Å². The number of alkyl halides is 2. The second-order valence-corrected chi connectivity index (χ2v) is 6.37. The molecule has 0 fully saturated rings. The van der Waals surface area contributed by atoms with Crippen molar-refractivity contribution in [2.45, 2.75) is 23.3 Å². The highest BCUT2D eigenvalue weighted by atomic mass is 32.2. The Morgan fingerprint density at radius 3 is 2.56 bits per heavy atom. The van der Waals surface area contributed by atoms with E-state index < -0.39 is 24.3 Å². The fourth-order valence-corrected chi connectivity index (χ4v) is 3.39. The first-order valence-electron chi connectivity index (χ1n) is 7.51. The van der Waals surface area contributed by atoms with Crippen LogP contribution in [-0.2, 0) is 6.42 Å². The number of nitrogens with two attached hydrogens (primary N) is 1.